The van der Waals surface area contributed by atoms with E-state index < -0.39 is 0 Å². The van der Waals surface area contributed by atoms with Gasteiger partial charge in [-0.25, -0.2) is 9.97 Å². The van der Waals surface area contributed by atoms with Gasteiger partial charge in [-0.15, -0.1) is 0 Å². The fourth-order valence-electron chi connectivity index (χ4n) is 6.07. The molecule has 4 heterocycles. The number of ether oxygens (including phenoxy) is 6. The van der Waals surface area contributed by atoms with E-state index in [0.29, 0.717) is 59.2 Å². The SMILES string of the molecule is c1cc(OCC2CO2)cc(Oc2cccc(-c3nc4ccc(-c5ccc6nc(-c7cccc(Oc8cccc(OCC9CO9)c8)c7)oc6c5)cc4o3)c2)c1. The van der Waals surface area contributed by atoms with Crippen molar-refractivity contribution in [2.24, 2.45) is 0 Å². The summed E-state index contributed by atoms with van der Waals surface area (Å²) < 4.78 is 47.0. The summed E-state index contributed by atoms with van der Waals surface area (Å²) in [6.45, 7) is 2.56. The van der Waals surface area contributed by atoms with Gasteiger partial charge in [0, 0.05) is 23.3 Å². The Bertz CT molecular complexity index is 2440. The number of hydrogen-bond acceptors (Lipinski definition) is 10. The van der Waals surface area contributed by atoms with Crippen LogP contribution in [-0.2, 0) is 9.47 Å². The van der Waals surface area contributed by atoms with Gasteiger partial charge >= 0.3 is 0 Å². The molecule has 0 saturated carbocycles. The molecule has 8 aromatic rings. The number of nitrogens with zero attached hydrogens (tertiary/aromatic N) is 2. The van der Waals surface area contributed by atoms with E-state index in [2.05, 4.69) is 0 Å². The van der Waals surface area contributed by atoms with Crippen LogP contribution in [0.3, 0.4) is 0 Å². The Morgan fingerprint density at radius 1 is 0.444 bits per heavy atom. The number of epoxide rings is 2. The molecule has 2 aromatic heterocycles. The topological polar surface area (TPSA) is 114 Å². The van der Waals surface area contributed by atoms with Crippen LogP contribution in [0.5, 0.6) is 34.5 Å². The number of hydrogen-bond donors (Lipinski definition) is 0. The predicted octanol–water partition coefficient (Wildman–Crippen LogP) is 10.1. The third-order valence-electron chi connectivity index (χ3n) is 9.03. The molecule has 2 aliphatic rings. The molecule has 10 rings (SSSR count). The van der Waals surface area contributed by atoms with Crippen LogP contribution >= 0.6 is 0 Å². The normalized spacial score (nSPS) is 16.0. The predicted molar refractivity (Wildman–Crippen MR) is 201 cm³/mol. The summed E-state index contributed by atoms with van der Waals surface area (Å²) in [5.74, 6) is 5.13. The van der Waals surface area contributed by atoms with E-state index in [-0.39, 0.29) is 12.2 Å². The highest BCUT2D eigenvalue weighted by atomic mass is 16.6. The second-order valence-corrected chi connectivity index (χ2v) is 13.1. The molecule has 2 fully saturated rings. The molecule has 0 bridgehead atoms. The van der Waals surface area contributed by atoms with Gasteiger partial charge in [-0.3, -0.25) is 0 Å². The Balaban J connectivity index is 0.849. The maximum Gasteiger partial charge on any atom is 0.227 e. The van der Waals surface area contributed by atoms with E-state index in [1.165, 1.54) is 0 Å². The molecule has 2 saturated heterocycles. The number of aromatic nitrogens is 2. The zero-order valence-corrected chi connectivity index (χ0v) is 28.8. The van der Waals surface area contributed by atoms with Crippen molar-refractivity contribution in [1.29, 1.82) is 0 Å². The third kappa shape index (κ3) is 7.20. The Kier molecular flexibility index (Phi) is 8.16. The molecule has 2 unspecified atom stereocenters. The molecule has 0 N–H and O–H groups in total. The molecule has 2 aliphatic heterocycles. The van der Waals surface area contributed by atoms with Crippen molar-refractivity contribution >= 4 is 22.2 Å². The molecule has 266 valence electrons. The minimum absolute atomic E-state index is 0.185. The van der Waals surface area contributed by atoms with Gasteiger partial charge < -0.3 is 37.3 Å². The minimum atomic E-state index is 0.185. The number of benzene rings is 6. The fraction of sp³-hybridized carbons (Fsp3) is 0.136. The lowest BCUT2D eigenvalue weighted by Gasteiger charge is -2.09. The lowest BCUT2D eigenvalue weighted by atomic mass is 10.1. The zero-order chi connectivity index (χ0) is 35.8. The van der Waals surface area contributed by atoms with Gasteiger partial charge in [-0.2, -0.15) is 0 Å². The van der Waals surface area contributed by atoms with Crippen LogP contribution in [0.2, 0.25) is 0 Å². The minimum Gasteiger partial charge on any atom is -0.491 e. The molecular formula is C44H32N2O8. The molecule has 0 radical (unpaired) electrons. The largest absolute Gasteiger partial charge is 0.491 e. The first-order valence-corrected chi connectivity index (χ1v) is 17.7. The van der Waals surface area contributed by atoms with E-state index >= 15 is 0 Å². The third-order valence-corrected chi connectivity index (χ3v) is 9.03. The van der Waals surface area contributed by atoms with Crippen LogP contribution in [-0.4, -0.2) is 48.6 Å². The van der Waals surface area contributed by atoms with Crippen molar-refractivity contribution in [3.05, 3.63) is 133 Å². The molecule has 0 spiro atoms. The highest BCUT2D eigenvalue weighted by Gasteiger charge is 2.24. The van der Waals surface area contributed by atoms with Gasteiger partial charge in [-0.05, 0) is 96.1 Å². The molecule has 0 aliphatic carbocycles. The van der Waals surface area contributed by atoms with Gasteiger partial charge in [0.15, 0.2) is 11.2 Å². The van der Waals surface area contributed by atoms with Crippen molar-refractivity contribution in [2.75, 3.05) is 26.4 Å². The van der Waals surface area contributed by atoms with E-state index in [4.69, 9.17) is 47.2 Å². The van der Waals surface area contributed by atoms with Crippen LogP contribution < -0.4 is 18.9 Å². The van der Waals surface area contributed by atoms with Crippen molar-refractivity contribution in [3.8, 4) is 68.5 Å². The summed E-state index contributed by atoms with van der Waals surface area (Å²) in [6, 6.07) is 42.4. The molecule has 10 nitrogen and oxygen atoms in total. The molecule has 6 aromatic carbocycles. The lowest BCUT2D eigenvalue weighted by molar-refractivity contribution is 0.262. The number of fused-ring (bicyclic) bond motifs is 2. The first kappa shape index (κ1) is 32.1. The zero-order valence-electron chi connectivity index (χ0n) is 28.8. The maximum atomic E-state index is 6.28. The molecule has 2 atom stereocenters. The molecule has 54 heavy (non-hydrogen) atoms. The fourth-order valence-corrected chi connectivity index (χ4v) is 6.07. The second-order valence-electron chi connectivity index (χ2n) is 13.1. The maximum absolute atomic E-state index is 6.28. The van der Waals surface area contributed by atoms with Crippen LogP contribution in [0.4, 0.5) is 0 Å². The highest BCUT2D eigenvalue weighted by Crippen LogP contribution is 2.35. The van der Waals surface area contributed by atoms with Crippen molar-refractivity contribution in [1.82, 2.24) is 9.97 Å². The van der Waals surface area contributed by atoms with Gasteiger partial charge in [0.25, 0.3) is 0 Å². The molecule has 10 heteroatoms. The molecule has 0 amide bonds. The summed E-state index contributed by atoms with van der Waals surface area (Å²) in [6.07, 6.45) is 0.369. The van der Waals surface area contributed by atoms with Gasteiger partial charge in [0.2, 0.25) is 11.8 Å². The van der Waals surface area contributed by atoms with Crippen molar-refractivity contribution in [2.45, 2.75) is 12.2 Å². The Hall–Kier alpha value is -6.62. The Morgan fingerprint density at radius 3 is 1.30 bits per heavy atom. The standard InChI is InChI=1S/C44H32N2O8/c1-5-29(17-33(9-1)51-35-11-3-7-31(21-35)47-23-37-25-49-37)43-45-39-15-13-27(19-41(39)53-43)28-14-16-40-42(20-28)54-44(46-40)30-6-2-10-34(18-30)52-36-12-4-8-32(22-36)48-24-38-26-50-38/h1-22,37-38H,23-26H2. The number of oxazole rings is 2. The van der Waals surface area contributed by atoms with E-state index in [0.717, 1.165) is 58.0 Å². The van der Waals surface area contributed by atoms with Crippen LogP contribution in [0, 0.1) is 0 Å². The summed E-state index contributed by atoms with van der Waals surface area (Å²) in [5.41, 5.74) is 6.37. The molecular weight excluding hydrogens is 684 g/mol. The van der Waals surface area contributed by atoms with Gasteiger partial charge in [-0.1, -0.05) is 36.4 Å². The second kappa shape index (κ2) is 13.7. The smallest absolute Gasteiger partial charge is 0.227 e. The summed E-state index contributed by atoms with van der Waals surface area (Å²) in [4.78, 5) is 9.53. The van der Waals surface area contributed by atoms with E-state index in [1.54, 1.807) is 0 Å². The van der Waals surface area contributed by atoms with Crippen LogP contribution in [0.15, 0.2) is 142 Å². The summed E-state index contributed by atoms with van der Waals surface area (Å²) in [7, 11) is 0. The van der Waals surface area contributed by atoms with Crippen molar-refractivity contribution in [3.63, 3.8) is 0 Å². The summed E-state index contributed by atoms with van der Waals surface area (Å²) >= 11 is 0. The van der Waals surface area contributed by atoms with Gasteiger partial charge in [0.05, 0.1) is 13.2 Å². The van der Waals surface area contributed by atoms with Crippen molar-refractivity contribution < 1.29 is 37.3 Å². The van der Waals surface area contributed by atoms with E-state index in [9.17, 15) is 0 Å². The van der Waals surface area contributed by atoms with E-state index in [1.807, 2.05) is 133 Å². The first-order chi connectivity index (χ1) is 26.6. The van der Waals surface area contributed by atoms with Crippen LogP contribution in [0.1, 0.15) is 0 Å². The number of rotatable bonds is 13. The quantitative estimate of drug-likeness (QED) is 0.107. The average Bonchev–Trinajstić information content (AvgIpc) is 4.13. The first-order valence-electron chi connectivity index (χ1n) is 17.7. The van der Waals surface area contributed by atoms with Gasteiger partial charge in [0.1, 0.15) is 71.0 Å². The lowest BCUT2D eigenvalue weighted by Crippen LogP contribution is -2.03. The Morgan fingerprint density at radius 2 is 0.852 bits per heavy atom. The Labute approximate surface area is 309 Å². The monoisotopic (exact) mass is 716 g/mol. The van der Waals surface area contributed by atoms with Crippen LogP contribution in [0.25, 0.3) is 56.2 Å². The summed E-state index contributed by atoms with van der Waals surface area (Å²) in [5, 5.41) is 0. The highest BCUT2D eigenvalue weighted by molar-refractivity contribution is 5.86. The average molecular weight is 717 g/mol.